The van der Waals surface area contributed by atoms with Gasteiger partial charge in [0.1, 0.15) is 11.6 Å². The van der Waals surface area contributed by atoms with Crippen molar-refractivity contribution in [3.63, 3.8) is 0 Å². The number of rotatable bonds is 10. The Morgan fingerprint density at radius 2 is 1.83 bits per heavy atom. The standard InChI is InChI=1S/C19H23N3O2/c1-3-10-22(11-4-2)19(24)18(14-20)16-21(12-13-23)15-17-8-6-5-7-9-17/h3-9,16,23H,1-2,10-13,15H2/b18-16-. The molecular weight excluding hydrogens is 302 g/mol. The van der Waals surface area contributed by atoms with E-state index in [-0.39, 0.29) is 18.1 Å². The number of aliphatic hydroxyl groups excluding tert-OH is 1. The lowest BCUT2D eigenvalue weighted by atomic mass is 10.2. The number of carbonyl (C=O) groups excluding carboxylic acids is 1. The van der Waals surface area contributed by atoms with Gasteiger partial charge in [0.05, 0.1) is 6.61 Å². The van der Waals surface area contributed by atoms with Gasteiger partial charge in [0, 0.05) is 32.4 Å². The maximum absolute atomic E-state index is 12.5. The summed E-state index contributed by atoms with van der Waals surface area (Å²) in [6, 6.07) is 11.6. The zero-order chi connectivity index (χ0) is 17.8. The Hall–Kier alpha value is -2.84. The summed E-state index contributed by atoms with van der Waals surface area (Å²) in [6.45, 7) is 8.68. The second kappa shape index (κ2) is 10.8. The van der Waals surface area contributed by atoms with Crippen molar-refractivity contribution in [3.05, 3.63) is 73.0 Å². The zero-order valence-electron chi connectivity index (χ0n) is 13.8. The molecule has 0 aliphatic carbocycles. The molecule has 0 heterocycles. The number of hydrogen-bond acceptors (Lipinski definition) is 4. The SMILES string of the molecule is C=CCN(CC=C)C(=O)/C(C#N)=C\N(CCO)Cc1ccccc1. The number of benzene rings is 1. The highest BCUT2D eigenvalue weighted by Gasteiger charge is 2.17. The molecule has 126 valence electrons. The highest BCUT2D eigenvalue weighted by Crippen LogP contribution is 2.09. The highest BCUT2D eigenvalue weighted by atomic mass is 16.3. The van der Waals surface area contributed by atoms with E-state index in [1.807, 2.05) is 36.4 Å². The van der Waals surface area contributed by atoms with Gasteiger partial charge in [-0.15, -0.1) is 13.2 Å². The van der Waals surface area contributed by atoms with Gasteiger partial charge in [-0.25, -0.2) is 0 Å². The van der Waals surface area contributed by atoms with Crippen LogP contribution in [0.1, 0.15) is 5.56 Å². The number of carbonyl (C=O) groups is 1. The van der Waals surface area contributed by atoms with Crippen molar-refractivity contribution in [2.45, 2.75) is 6.54 Å². The topological polar surface area (TPSA) is 67.6 Å². The molecule has 0 aromatic heterocycles. The fraction of sp³-hybridized carbons (Fsp3) is 0.263. The minimum absolute atomic E-state index is 0.0167. The molecule has 0 aliphatic heterocycles. The van der Waals surface area contributed by atoms with E-state index in [0.717, 1.165) is 5.56 Å². The van der Waals surface area contributed by atoms with Gasteiger partial charge in [-0.2, -0.15) is 5.26 Å². The molecule has 5 heteroatoms. The number of nitriles is 1. The second-order valence-electron chi connectivity index (χ2n) is 5.12. The number of amides is 1. The number of aliphatic hydroxyl groups is 1. The van der Waals surface area contributed by atoms with Crippen LogP contribution in [0, 0.1) is 11.3 Å². The third-order valence-corrected chi connectivity index (χ3v) is 3.26. The van der Waals surface area contributed by atoms with Crippen molar-refractivity contribution in [1.82, 2.24) is 9.80 Å². The van der Waals surface area contributed by atoms with E-state index in [0.29, 0.717) is 26.2 Å². The molecule has 1 rings (SSSR count). The molecule has 5 nitrogen and oxygen atoms in total. The van der Waals surface area contributed by atoms with Crippen molar-refractivity contribution in [2.75, 3.05) is 26.2 Å². The Balaban J connectivity index is 2.98. The van der Waals surface area contributed by atoms with E-state index in [9.17, 15) is 15.2 Å². The Bertz CT molecular complexity index is 607. The fourth-order valence-corrected chi connectivity index (χ4v) is 2.17. The molecular formula is C19H23N3O2. The highest BCUT2D eigenvalue weighted by molar-refractivity contribution is 5.97. The van der Waals surface area contributed by atoms with Gasteiger partial charge in [-0.3, -0.25) is 4.79 Å². The summed E-state index contributed by atoms with van der Waals surface area (Å²) in [5.74, 6) is -0.381. The smallest absolute Gasteiger partial charge is 0.266 e. The van der Waals surface area contributed by atoms with E-state index in [4.69, 9.17) is 0 Å². The predicted molar refractivity (Wildman–Crippen MR) is 94.6 cm³/mol. The van der Waals surface area contributed by atoms with Crippen LogP contribution < -0.4 is 0 Å². The van der Waals surface area contributed by atoms with Gasteiger partial charge in [-0.1, -0.05) is 42.5 Å². The van der Waals surface area contributed by atoms with Crippen LogP contribution in [0.15, 0.2) is 67.4 Å². The van der Waals surface area contributed by atoms with Gasteiger partial charge >= 0.3 is 0 Å². The maximum Gasteiger partial charge on any atom is 0.266 e. The first kappa shape index (κ1) is 19.2. The molecule has 0 unspecified atom stereocenters. The summed E-state index contributed by atoms with van der Waals surface area (Å²) in [5.41, 5.74) is 1.05. The lowest BCUT2D eigenvalue weighted by Crippen LogP contribution is -2.33. The zero-order valence-corrected chi connectivity index (χ0v) is 13.8. The first-order valence-corrected chi connectivity index (χ1v) is 7.68. The predicted octanol–water partition coefficient (Wildman–Crippen LogP) is 2.09. The molecule has 0 saturated heterocycles. The first-order chi connectivity index (χ1) is 11.7. The van der Waals surface area contributed by atoms with Crippen molar-refractivity contribution < 1.29 is 9.90 Å². The molecule has 0 bridgehead atoms. The van der Waals surface area contributed by atoms with E-state index >= 15 is 0 Å². The van der Waals surface area contributed by atoms with Gasteiger partial charge in [0.2, 0.25) is 0 Å². The number of nitrogens with zero attached hydrogens (tertiary/aromatic N) is 3. The molecule has 0 spiro atoms. The molecule has 1 amide bonds. The maximum atomic E-state index is 12.5. The van der Waals surface area contributed by atoms with E-state index < -0.39 is 0 Å². The van der Waals surface area contributed by atoms with Crippen molar-refractivity contribution in [2.24, 2.45) is 0 Å². The third-order valence-electron chi connectivity index (χ3n) is 3.26. The van der Waals surface area contributed by atoms with Gasteiger partial charge in [-0.05, 0) is 5.56 Å². The molecule has 1 N–H and O–H groups in total. The van der Waals surface area contributed by atoms with Crippen LogP contribution in [0.5, 0.6) is 0 Å². The first-order valence-electron chi connectivity index (χ1n) is 7.68. The third kappa shape index (κ3) is 6.11. The summed E-state index contributed by atoms with van der Waals surface area (Å²) in [5, 5.41) is 18.6. The molecule has 0 radical (unpaired) electrons. The van der Waals surface area contributed by atoms with Crippen LogP contribution >= 0.6 is 0 Å². The van der Waals surface area contributed by atoms with Crippen LogP contribution in [0.3, 0.4) is 0 Å². The van der Waals surface area contributed by atoms with E-state index in [1.165, 1.54) is 11.1 Å². The summed E-state index contributed by atoms with van der Waals surface area (Å²) >= 11 is 0. The van der Waals surface area contributed by atoms with Crippen molar-refractivity contribution in [1.29, 1.82) is 5.26 Å². The van der Waals surface area contributed by atoms with Gasteiger partial charge < -0.3 is 14.9 Å². The summed E-state index contributed by atoms with van der Waals surface area (Å²) in [6.07, 6.45) is 4.71. The minimum Gasteiger partial charge on any atom is -0.395 e. The van der Waals surface area contributed by atoms with Crippen LogP contribution in [0.4, 0.5) is 0 Å². The molecule has 1 aromatic carbocycles. The van der Waals surface area contributed by atoms with Crippen molar-refractivity contribution >= 4 is 5.91 Å². The Morgan fingerprint density at radius 3 is 2.33 bits per heavy atom. The van der Waals surface area contributed by atoms with Gasteiger partial charge in [0.15, 0.2) is 0 Å². The molecule has 0 fully saturated rings. The average molecular weight is 325 g/mol. The molecule has 0 saturated carbocycles. The molecule has 0 atom stereocenters. The van der Waals surface area contributed by atoms with E-state index in [2.05, 4.69) is 13.2 Å². The van der Waals surface area contributed by atoms with Crippen LogP contribution in [-0.2, 0) is 11.3 Å². The normalized spacial score (nSPS) is 10.6. The summed E-state index contributed by atoms with van der Waals surface area (Å²) in [4.78, 5) is 15.7. The monoisotopic (exact) mass is 325 g/mol. The minimum atomic E-state index is -0.381. The average Bonchev–Trinajstić information content (AvgIpc) is 2.60. The fourth-order valence-electron chi connectivity index (χ4n) is 2.17. The molecule has 1 aromatic rings. The second-order valence-corrected chi connectivity index (χ2v) is 5.12. The Kier molecular flexibility index (Phi) is 8.65. The largest absolute Gasteiger partial charge is 0.395 e. The van der Waals surface area contributed by atoms with Crippen LogP contribution in [0.25, 0.3) is 0 Å². The molecule has 24 heavy (non-hydrogen) atoms. The molecule has 0 aliphatic rings. The van der Waals surface area contributed by atoms with Crippen molar-refractivity contribution in [3.8, 4) is 6.07 Å². The summed E-state index contributed by atoms with van der Waals surface area (Å²) in [7, 11) is 0. The Labute approximate surface area is 143 Å². The van der Waals surface area contributed by atoms with Gasteiger partial charge in [0.25, 0.3) is 5.91 Å². The quantitative estimate of drug-likeness (QED) is 0.406. The summed E-state index contributed by atoms with van der Waals surface area (Å²) < 4.78 is 0. The Morgan fingerprint density at radius 1 is 1.21 bits per heavy atom. The van der Waals surface area contributed by atoms with Crippen LogP contribution in [0.2, 0.25) is 0 Å². The van der Waals surface area contributed by atoms with E-state index in [1.54, 1.807) is 17.1 Å². The number of hydrogen-bond donors (Lipinski definition) is 1. The van der Waals surface area contributed by atoms with Crippen LogP contribution in [-0.4, -0.2) is 47.1 Å². The lowest BCUT2D eigenvalue weighted by molar-refractivity contribution is -0.125. The lowest BCUT2D eigenvalue weighted by Gasteiger charge is -2.22.